The molecule has 0 radical (unpaired) electrons. The smallest absolute Gasteiger partial charge is 0.327 e. The second-order valence-electron chi connectivity index (χ2n) is 14.6. The molecule has 2 aliphatic rings. The molecule has 8 heteroatoms. The number of nitrogens with zero attached hydrogens (tertiary/aromatic N) is 5. The Morgan fingerprint density at radius 1 is 0.610 bits per heavy atom. The molecule has 0 atom stereocenters. The number of rotatable bonds is 7. The minimum Gasteiger partial charge on any atom is -0.509 e. The Kier molecular flexibility index (Phi) is 9.39. The summed E-state index contributed by atoms with van der Waals surface area (Å²) in [4.78, 5) is 11.6. The maximum atomic E-state index is 6.66. The van der Waals surface area contributed by atoms with Crippen LogP contribution in [0.15, 0.2) is 194 Å². The first kappa shape index (κ1) is 36.5. The van der Waals surface area contributed by atoms with Crippen molar-refractivity contribution in [2.24, 2.45) is 0 Å². The van der Waals surface area contributed by atoms with Gasteiger partial charge in [0.25, 0.3) is 0 Å². The third-order valence-corrected chi connectivity index (χ3v) is 11.2. The van der Waals surface area contributed by atoms with E-state index in [0.29, 0.717) is 11.5 Å². The number of anilines is 3. The van der Waals surface area contributed by atoms with Crippen LogP contribution in [0.1, 0.15) is 0 Å². The molecule has 2 aliphatic heterocycles. The van der Waals surface area contributed by atoms with Gasteiger partial charge in [0.1, 0.15) is 5.82 Å². The Morgan fingerprint density at radius 2 is 1.25 bits per heavy atom. The fourth-order valence-electron chi connectivity index (χ4n) is 8.59. The molecule has 0 unspecified atom stereocenters. The maximum Gasteiger partial charge on any atom is 0.327 e. The largest absolute Gasteiger partial charge is 0.509 e. The molecule has 286 valence electrons. The van der Waals surface area contributed by atoms with Crippen LogP contribution < -0.4 is 24.8 Å². The number of pyridine rings is 1. The second-order valence-corrected chi connectivity index (χ2v) is 14.6. The second kappa shape index (κ2) is 15.2. The van der Waals surface area contributed by atoms with E-state index in [1.165, 1.54) is 5.46 Å². The number of ether oxygens (including phenoxy) is 1. The average Bonchev–Trinajstić information content (AvgIpc) is 3.87. The molecule has 0 amide bonds. The Hall–Kier alpha value is -6.82. The van der Waals surface area contributed by atoms with Crippen LogP contribution in [-0.4, -0.2) is 23.4 Å². The van der Waals surface area contributed by atoms with Gasteiger partial charge < -0.3 is 23.9 Å². The van der Waals surface area contributed by atoms with Crippen molar-refractivity contribution >= 4 is 51.2 Å². The van der Waals surface area contributed by atoms with Gasteiger partial charge in [-0.05, 0) is 53.6 Å². The Bertz CT molecular complexity index is 2940. The molecule has 4 heterocycles. The van der Waals surface area contributed by atoms with Crippen molar-refractivity contribution in [3.8, 4) is 39.6 Å². The SMILES string of the molecule is CN1B(c2ccccc2)C2=CN(c3c(-c4ccccc4)cccc3-c3ccccc3)[CH-]N2c2[c-]c(Oc3[c-]c4c(cc3)c3ccccc3n4-c3ccccn3)ccc21.[Pt]. The molecular weight excluding hydrogens is 904 g/mol. The molecule has 0 fully saturated rings. The molecule has 0 saturated carbocycles. The predicted molar refractivity (Wildman–Crippen MR) is 238 cm³/mol. The van der Waals surface area contributed by atoms with Gasteiger partial charge in [0.2, 0.25) is 0 Å². The summed E-state index contributed by atoms with van der Waals surface area (Å²) in [6.45, 7) is 2.15. The summed E-state index contributed by atoms with van der Waals surface area (Å²) in [7, 11) is 2.16. The molecule has 6 nitrogen and oxygen atoms in total. The van der Waals surface area contributed by atoms with Crippen LogP contribution in [0.2, 0.25) is 0 Å². The molecule has 0 aliphatic carbocycles. The first-order chi connectivity index (χ1) is 28.7. The zero-order valence-corrected chi connectivity index (χ0v) is 34.3. The molecule has 0 saturated heterocycles. The van der Waals surface area contributed by atoms with Gasteiger partial charge in [-0.15, -0.1) is 42.4 Å². The number of fused-ring (bicyclic) bond motifs is 6. The number of hydrogen-bond donors (Lipinski definition) is 0. The molecule has 0 N–H and O–H groups in total. The van der Waals surface area contributed by atoms with Gasteiger partial charge in [-0.1, -0.05) is 156 Å². The van der Waals surface area contributed by atoms with Crippen molar-refractivity contribution < 1.29 is 25.8 Å². The average molecular weight is 940 g/mol. The van der Waals surface area contributed by atoms with Gasteiger partial charge in [-0.3, -0.25) is 0 Å². The quantitative estimate of drug-likeness (QED) is 0.118. The summed E-state index contributed by atoms with van der Waals surface area (Å²) in [5.41, 5.74) is 12.0. The van der Waals surface area contributed by atoms with E-state index in [1.807, 2.05) is 36.5 Å². The number of para-hydroxylation sites is 2. The van der Waals surface area contributed by atoms with E-state index in [2.05, 4.69) is 197 Å². The third kappa shape index (κ3) is 6.30. The minimum absolute atomic E-state index is 0. The predicted octanol–water partition coefficient (Wildman–Crippen LogP) is 11.1. The van der Waals surface area contributed by atoms with E-state index < -0.39 is 0 Å². The van der Waals surface area contributed by atoms with Crippen LogP contribution in [0.25, 0.3) is 49.9 Å². The van der Waals surface area contributed by atoms with Gasteiger partial charge in [0, 0.05) is 61.1 Å². The minimum atomic E-state index is -0.0524. The Morgan fingerprint density at radius 3 is 1.97 bits per heavy atom. The van der Waals surface area contributed by atoms with Gasteiger partial charge in [-0.2, -0.15) is 6.07 Å². The molecule has 0 bridgehead atoms. The summed E-state index contributed by atoms with van der Waals surface area (Å²) in [6, 6.07) is 68.5. The normalized spacial score (nSPS) is 13.3. The van der Waals surface area contributed by atoms with Crippen molar-refractivity contribution in [2.75, 3.05) is 21.7 Å². The van der Waals surface area contributed by atoms with Crippen LogP contribution in [-0.2, 0) is 21.1 Å². The standard InChI is InChI=1S/C51H35BN5O.Pt/c1-54-46-30-28-40(58-39-27-29-44-43-22-11-12-25-45(43)57(47(44)32-39)50-26-13-14-31-53-50)33-48(46)56-35-55(34-49(56)52(54)38-20-9-4-10-21-38)51-41(36-16-5-2-6-17-36)23-15-24-42(51)37-18-7-3-8-19-37;/h2-31,34-35H,1H3;/q-3;. The van der Waals surface area contributed by atoms with Crippen LogP contribution in [0, 0.1) is 18.8 Å². The van der Waals surface area contributed by atoms with E-state index >= 15 is 0 Å². The fraction of sp³-hybridized carbons (Fsp3) is 0.0196. The molecule has 7 aromatic carbocycles. The van der Waals surface area contributed by atoms with Crippen LogP contribution in [0.3, 0.4) is 0 Å². The van der Waals surface area contributed by atoms with Gasteiger partial charge >= 0.3 is 6.85 Å². The monoisotopic (exact) mass is 939 g/mol. The van der Waals surface area contributed by atoms with Crippen LogP contribution >= 0.6 is 0 Å². The van der Waals surface area contributed by atoms with Crippen molar-refractivity contribution in [3.63, 3.8) is 0 Å². The van der Waals surface area contributed by atoms with Crippen LogP contribution in [0.4, 0.5) is 17.1 Å². The van der Waals surface area contributed by atoms with Crippen LogP contribution in [0.5, 0.6) is 11.5 Å². The van der Waals surface area contributed by atoms with E-state index in [0.717, 1.165) is 72.5 Å². The molecular formula is C51H35BN5OPt-3. The number of aromatic nitrogens is 2. The molecule has 2 aromatic heterocycles. The summed E-state index contributed by atoms with van der Waals surface area (Å²) in [5.74, 6) is 2.03. The van der Waals surface area contributed by atoms with E-state index in [-0.39, 0.29) is 27.9 Å². The maximum absolute atomic E-state index is 6.66. The first-order valence-corrected chi connectivity index (χ1v) is 19.5. The van der Waals surface area contributed by atoms with Gasteiger partial charge in [0.15, 0.2) is 0 Å². The summed E-state index contributed by atoms with van der Waals surface area (Å²) >= 11 is 0. The fourth-order valence-corrected chi connectivity index (χ4v) is 8.59. The summed E-state index contributed by atoms with van der Waals surface area (Å²) in [5, 5.41) is 2.23. The van der Waals surface area contributed by atoms with Crippen molar-refractivity contribution in [1.29, 1.82) is 0 Å². The summed E-state index contributed by atoms with van der Waals surface area (Å²) < 4.78 is 8.81. The molecule has 59 heavy (non-hydrogen) atoms. The Labute approximate surface area is 358 Å². The van der Waals surface area contributed by atoms with Crippen molar-refractivity contribution in [3.05, 3.63) is 213 Å². The van der Waals surface area contributed by atoms with Gasteiger partial charge in [0.05, 0.1) is 0 Å². The van der Waals surface area contributed by atoms with E-state index in [4.69, 9.17) is 9.72 Å². The topological polar surface area (TPSA) is 36.8 Å². The van der Waals surface area contributed by atoms with E-state index in [9.17, 15) is 0 Å². The molecule has 11 rings (SSSR count). The number of benzene rings is 7. The molecule has 9 aromatic rings. The van der Waals surface area contributed by atoms with Gasteiger partial charge in [-0.25, -0.2) is 4.98 Å². The third-order valence-electron chi connectivity index (χ3n) is 11.2. The van der Waals surface area contributed by atoms with E-state index in [1.54, 1.807) is 0 Å². The Balaban J connectivity index is 0.00000420. The zero-order chi connectivity index (χ0) is 38.6. The van der Waals surface area contributed by atoms with Crippen molar-refractivity contribution in [1.82, 2.24) is 9.55 Å². The number of hydrogen-bond acceptors (Lipinski definition) is 5. The van der Waals surface area contributed by atoms with Crippen molar-refractivity contribution in [2.45, 2.75) is 0 Å². The molecule has 0 spiro atoms. The first-order valence-electron chi connectivity index (χ1n) is 19.5. The zero-order valence-electron chi connectivity index (χ0n) is 32.0. The summed E-state index contributed by atoms with van der Waals surface area (Å²) in [6.07, 6.45) is 4.10.